The molecule has 120 valence electrons. The fraction of sp³-hybridized carbons (Fsp3) is 0.133. The van der Waals surface area contributed by atoms with Crippen molar-refractivity contribution in [1.29, 1.82) is 0 Å². The largest absolute Gasteiger partial charge is 0.479 e. The summed E-state index contributed by atoms with van der Waals surface area (Å²) in [5.74, 6) is -2.32. The number of fused-ring (bicyclic) bond motifs is 1. The molecule has 0 atom stereocenters. The molecule has 0 saturated heterocycles. The predicted molar refractivity (Wildman–Crippen MR) is 80.3 cm³/mol. The maximum Gasteiger partial charge on any atom is 0.426 e. The minimum atomic E-state index is -4.90. The normalized spacial score (nSPS) is 11.9. The first-order valence-electron chi connectivity index (χ1n) is 6.42. The maximum atomic E-state index is 14.4. The minimum Gasteiger partial charge on any atom is -0.479 e. The summed E-state index contributed by atoms with van der Waals surface area (Å²) in [4.78, 5) is 0. The van der Waals surface area contributed by atoms with E-state index in [0.717, 1.165) is 17.0 Å². The van der Waals surface area contributed by atoms with E-state index in [1.807, 2.05) is 0 Å². The molecule has 0 spiro atoms. The topological polar surface area (TPSA) is 27.1 Å². The molecule has 0 amide bonds. The van der Waals surface area contributed by atoms with Gasteiger partial charge in [-0.15, -0.1) is 5.10 Å². The number of hydrogen-bond donors (Lipinski definition) is 0. The lowest BCUT2D eigenvalue weighted by molar-refractivity contribution is -0.141. The van der Waals surface area contributed by atoms with Crippen LogP contribution in [0.4, 0.5) is 17.6 Å². The van der Waals surface area contributed by atoms with Crippen molar-refractivity contribution in [3.8, 4) is 11.6 Å². The molecule has 2 aromatic carbocycles. The van der Waals surface area contributed by atoms with Crippen molar-refractivity contribution in [2.75, 3.05) is 7.11 Å². The van der Waals surface area contributed by atoms with Gasteiger partial charge in [0.1, 0.15) is 0 Å². The molecular formula is C15H9BrF4N2O. The molecule has 0 radical (unpaired) electrons. The van der Waals surface area contributed by atoms with Crippen LogP contribution in [0, 0.1) is 5.95 Å². The van der Waals surface area contributed by atoms with E-state index in [1.165, 1.54) is 6.07 Å². The monoisotopic (exact) mass is 388 g/mol. The van der Waals surface area contributed by atoms with E-state index in [0.29, 0.717) is 10.1 Å². The van der Waals surface area contributed by atoms with Crippen LogP contribution in [-0.2, 0) is 6.18 Å². The van der Waals surface area contributed by atoms with E-state index in [1.54, 1.807) is 30.3 Å². The van der Waals surface area contributed by atoms with E-state index in [2.05, 4.69) is 25.8 Å². The maximum absolute atomic E-state index is 14.4. The second-order valence-corrected chi connectivity index (χ2v) is 5.55. The molecule has 0 fully saturated rings. The third-order valence-electron chi connectivity index (χ3n) is 3.35. The van der Waals surface area contributed by atoms with Gasteiger partial charge in [0.25, 0.3) is 0 Å². The van der Waals surface area contributed by atoms with Crippen LogP contribution in [0.15, 0.2) is 40.9 Å². The molecule has 0 unspecified atom stereocenters. The summed E-state index contributed by atoms with van der Waals surface area (Å²) in [7, 11) is 1.01. The fourth-order valence-electron chi connectivity index (χ4n) is 2.35. The zero-order chi connectivity index (χ0) is 16.8. The van der Waals surface area contributed by atoms with Gasteiger partial charge in [-0.25, -0.2) is 4.68 Å². The first-order valence-corrected chi connectivity index (χ1v) is 7.21. The molecule has 8 heteroatoms. The van der Waals surface area contributed by atoms with Gasteiger partial charge in [-0.05, 0) is 17.5 Å². The number of alkyl halides is 3. The lowest BCUT2D eigenvalue weighted by Crippen LogP contribution is -2.09. The Kier molecular flexibility index (Phi) is 3.79. The first-order chi connectivity index (χ1) is 10.8. The predicted octanol–water partition coefficient (Wildman–Crippen LogP) is 4.95. The number of halogens is 5. The zero-order valence-corrected chi connectivity index (χ0v) is 13.2. The number of benzene rings is 2. The van der Waals surface area contributed by atoms with Gasteiger partial charge in [0.15, 0.2) is 5.56 Å². The molecule has 3 nitrogen and oxygen atoms in total. The second-order valence-electron chi connectivity index (χ2n) is 4.70. The SMILES string of the molecule is COc1nn(-c2ccc(Br)c3ccccc23)c(F)c1C(F)(F)F. The molecule has 1 aromatic heterocycles. The van der Waals surface area contributed by atoms with Crippen LogP contribution in [0.3, 0.4) is 0 Å². The Bertz CT molecular complexity index is 889. The third-order valence-corrected chi connectivity index (χ3v) is 4.04. The summed E-state index contributed by atoms with van der Waals surface area (Å²) in [6.07, 6.45) is -4.90. The number of rotatable bonds is 2. The molecule has 1 heterocycles. The third kappa shape index (κ3) is 2.56. The van der Waals surface area contributed by atoms with Gasteiger partial charge in [-0.1, -0.05) is 40.2 Å². The average Bonchev–Trinajstić information content (AvgIpc) is 2.85. The quantitative estimate of drug-likeness (QED) is 0.580. The van der Waals surface area contributed by atoms with Crippen LogP contribution in [0.1, 0.15) is 5.56 Å². The molecule has 23 heavy (non-hydrogen) atoms. The molecule has 0 N–H and O–H groups in total. The van der Waals surface area contributed by atoms with Crippen LogP contribution < -0.4 is 4.74 Å². The van der Waals surface area contributed by atoms with Crippen molar-refractivity contribution in [3.63, 3.8) is 0 Å². The highest BCUT2D eigenvalue weighted by molar-refractivity contribution is 9.10. The van der Waals surface area contributed by atoms with Gasteiger partial charge < -0.3 is 4.74 Å². The van der Waals surface area contributed by atoms with Crippen molar-refractivity contribution in [3.05, 3.63) is 52.4 Å². The van der Waals surface area contributed by atoms with E-state index < -0.39 is 23.6 Å². The molecule has 0 aliphatic carbocycles. The highest BCUT2D eigenvalue weighted by Crippen LogP contribution is 2.39. The average molecular weight is 389 g/mol. The van der Waals surface area contributed by atoms with Crippen LogP contribution in [-0.4, -0.2) is 16.9 Å². The fourth-order valence-corrected chi connectivity index (χ4v) is 2.83. The zero-order valence-electron chi connectivity index (χ0n) is 11.7. The van der Waals surface area contributed by atoms with Gasteiger partial charge in [0.05, 0.1) is 12.8 Å². The van der Waals surface area contributed by atoms with Gasteiger partial charge in [-0.2, -0.15) is 17.6 Å². The van der Waals surface area contributed by atoms with E-state index >= 15 is 0 Å². The summed E-state index contributed by atoms with van der Waals surface area (Å²) >= 11 is 3.36. The standard InChI is InChI=1S/C15H9BrF4N2O/c1-23-14-12(15(18,19)20)13(17)22(21-14)11-7-6-10(16)8-4-2-3-5-9(8)11/h2-7H,1H3. The molecule has 3 aromatic rings. The molecule has 0 aliphatic heterocycles. The van der Waals surface area contributed by atoms with Crippen molar-refractivity contribution >= 4 is 26.7 Å². The van der Waals surface area contributed by atoms with E-state index in [9.17, 15) is 17.6 Å². The Balaban J connectivity index is 2.33. The van der Waals surface area contributed by atoms with Crippen LogP contribution in [0.5, 0.6) is 5.88 Å². The Morgan fingerprint density at radius 2 is 1.74 bits per heavy atom. The number of nitrogens with zero attached hydrogens (tertiary/aromatic N) is 2. The summed E-state index contributed by atoms with van der Waals surface area (Å²) < 4.78 is 59.4. The Labute approximate surface area is 136 Å². The number of ether oxygens (including phenoxy) is 1. The van der Waals surface area contributed by atoms with Crippen molar-refractivity contribution < 1.29 is 22.3 Å². The van der Waals surface area contributed by atoms with Crippen LogP contribution in [0.25, 0.3) is 16.5 Å². The summed E-state index contributed by atoms with van der Waals surface area (Å²) in [6.45, 7) is 0. The summed E-state index contributed by atoms with van der Waals surface area (Å²) in [6, 6.07) is 10.0. The van der Waals surface area contributed by atoms with E-state index in [-0.39, 0.29) is 5.69 Å². The highest BCUT2D eigenvalue weighted by Gasteiger charge is 2.42. The van der Waals surface area contributed by atoms with E-state index in [4.69, 9.17) is 0 Å². The van der Waals surface area contributed by atoms with Gasteiger partial charge in [0, 0.05) is 9.86 Å². The molecule has 0 aliphatic rings. The van der Waals surface area contributed by atoms with Gasteiger partial charge in [0.2, 0.25) is 11.8 Å². The van der Waals surface area contributed by atoms with Gasteiger partial charge in [-0.3, -0.25) is 0 Å². The summed E-state index contributed by atoms with van der Waals surface area (Å²) in [5.41, 5.74) is -1.33. The lowest BCUT2D eigenvalue weighted by atomic mass is 10.1. The smallest absolute Gasteiger partial charge is 0.426 e. The lowest BCUT2D eigenvalue weighted by Gasteiger charge is -2.09. The Morgan fingerprint density at radius 1 is 1.09 bits per heavy atom. The second kappa shape index (κ2) is 5.52. The number of methoxy groups -OCH3 is 1. The van der Waals surface area contributed by atoms with Crippen molar-refractivity contribution in [2.24, 2.45) is 0 Å². The summed E-state index contributed by atoms with van der Waals surface area (Å²) in [5, 5.41) is 4.91. The van der Waals surface area contributed by atoms with Crippen LogP contribution in [0.2, 0.25) is 0 Å². The van der Waals surface area contributed by atoms with Crippen molar-refractivity contribution in [1.82, 2.24) is 9.78 Å². The Morgan fingerprint density at radius 3 is 2.30 bits per heavy atom. The first kappa shape index (κ1) is 15.8. The highest BCUT2D eigenvalue weighted by atomic mass is 79.9. The Hall–Kier alpha value is -2.09. The van der Waals surface area contributed by atoms with Crippen molar-refractivity contribution in [2.45, 2.75) is 6.18 Å². The van der Waals surface area contributed by atoms with Crippen LogP contribution >= 0.6 is 15.9 Å². The molecule has 0 bridgehead atoms. The minimum absolute atomic E-state index is 0.190. The molecular weight excluding hydrogens is 380 g/mol. The number of hydrogen-bond acceptors (Lipinski definition) is 2. The molecule has 3 rings (SSSR count). The molecule has 0 saturated carbocycles. The van der Waals surface area contributed by atoms with Gasteiger partial charge >= 0.3 is 6.18 Å². The number of aromatic nitrogens is 2.